The average Bonchev–Trinajstić information content (AvgIpc) is 2.01. The van der Waals surface area contributed by atoms with Crippen LogP contribution in [0.5, 0.6) is 5.75 Å². The first-order valence-corrected chi connectivity index (χ1v) is 5.09. The second kappa shape index (κ2) is 5.08. The fourth-order valence-corrected chi connectivity index (χ4v) is 1.80. The van der Waals surface area contributed by atoms with E-state index in [2.05, 4.69) is 0 Å². The number of aliphatic hydroxyl groups is 1. The lowest BCUT2D eigenvalue weighted by molar-refractivity contribution is 0.123. The highest BCUT2D eigenvalue weighted by molar-refractivity contribution is 6.40. The maximum atomic E-state index is 9.01. The molecule has 1 atom stereocenters. The number of rotatable bonds is 3. The largest absolute Gasteiger partial charge is 0.488 e. The lowest BCUT2D eigenvalue weighted by atomic mass is 10.3. The molecule has 0 bridgehead atoms. The highest BCUT2D eigenvalue weighted by Gasteiger charge is 2.09. The highest BCUT2D eigenvalue weighted by atomic mass is 35.5. The van der Waals surface area contributed by atoms with Crippen LogP contribution in [0, 0.1) is 0 Å². The van der Waals surface area contributed by atoms with Gasteiger partial charge in [-0.1, -0.05) is 34.8 Å². The molecular formula is C9H9Cl3O2. The standard InChI is InChI=1S/C9H9Cl3O2/c1-5(13)4-14-9-7(11)2-6(10)3-8(9)12/h2-3,5,13H,4H2,1H3/t5-/m1/s1. The molecule has 0 heterocycles. The zero-order valence-electron chi connectivity index (χ0n) is 7.43. The third-order valence-electron chi connectivity index (χ3n) is 1.43. The van der Waals surface area contributed by atoms with Gasteiger partial charge in [0.25, 0.3) is 0 Å². The quantitative estimate of drug-likeness (QED) is 0.897. The zero-order chi connectivity index (χ0) is 10.7. The summed E-state index contributed by atoms with van der Waals surface area (Å²) in [5.41, 5.74) is 0. The molecule has 0 aliphatic carbocycles. The number of halogens is 3. The summed E-state index contributed by atoms with van der Waals surface area (Å²) < 4.78 is 5.21. The Kier molecular flexibility index (Phi) is 4.32. The van der Waals surface area contributed by atoms with Crippen molar-refractivity contribution in [3.8, 4) is 5.75 Å². The molecule has 2 nitrogen and oxygen atoms in total. The van der Waals surface area contributed by atoms with Crippen molar-refractivity contribution in [3.05, 3.63) is 27.2 Å². The van der Waals surface area contributed by atoms with Crippen molar-refractivity contribution in [1.82, 2.24) is 0 Å². The van der Waals surface area contributed by atoms with Crippen LogP contribution in [-0.4, -0.2) is 17.8 Å². The summed E-state index contributed by atoms with van der Waals surface area (Å²) in [5.74, 6) is 0.346. The molecule has 0 aromatic heterocycles. The van der Waals surface area contributed by atoms with Crippen LogP contribution >= 0.6 is 34.8 Å². The van der Waals surface area contributed by atoms with Crippen molar-refractivity contribution in [2.45, 2.75) is 13.0 Å². The lowest BCUT2D eigenvalue weighted by Gasteiger charge is -2.11. The zero-order valence-corrected chi connectivity index (χ0v) is 9.70. The SMILES string of the molecule is C[C@@H](O)COc1c(Cl)cc(Cl)cc1Cl. The maximum absolute atomic E-state index is 9.01. The molecular weight excluding hydrogens is 246 g/mol. The molecule has 1 N–H and O–H groups in total. The topological polar surface area (TPSA) is 29.5 Å². The number of hydrogen-bond donors (Lipinski definition) is 1. The molecule has 5 heteroatoms. The van der Waals surface area contributed by atoms with Crippen LogP contribution < -0.4 is 4.74 Å². The van der Waals surface area contributed by atoms with Gasteiger partial charge in [0.05, 0.1) is 16.1 Å². The Morgan fingerprint density at radius 3 is 2.21 bits per heavy atom. The highest BCUT2D eigenvalue weighted by Crippen LogP contribution is 2.35. The van der Waals surface area contributed by atoms with E-state index in [9.17, 15) is 0 Å². The molecule has 0 saturated carbocycles. The summed E-state index contributed by atoms with van der Waals surface area (Å²) in [6.07, 6.45) is -0.571. The first-order chi connectivity index (χ1) is 6.50. The summed E-state index contributed by atoms with van der Waals surface area (Å²) in [4.78, 5) is 0. The van der Waals surface area contributed by atoms with Gasteiger partial charge in [-0.05, 0) is 19.1 Å². The Balaban J connectivity index is 2.86. The average molecular weight is 256 g/mol. The van der Waals surface area contributed by atoms with Crippen LogP contribution in [-0.2, 0) is 0 Å². The normalized spacial score (nSPS) is 12.6. The van der Waals surface area contributed by atoms with E-state index >= 15 is 0 Å². The Bertz CT molecular complexity index is 303. The summed E-state index contributed by atoms with van der Waals surface area (Å²) >= 11 is 17.4. The van der Waals surface area contributed by atoms with E-state index in [4.69, 9.17) is 44.6 Å². The summed E-state index contributed by atoms with van der Waals surface area (Å²) in [5, 5.41) is 10.1. The van der Waals surface area contributed by atoms with Crippen molar-refractivity contribution < 1.29 is 9.84 Å². The third kappa shape index (κ3) is 3.21. The molecule has 1 rings (SSSR count). The molecule has 0 radical (unpaired) electrons. The molecule has 0 aliphatic rings. The van der Waals surface area contributed by atoms with E-state index in [1.807, 2.05) is 0 Å². The van der Waals surface area contributed by atoms with E-state index in [0.717, 1.165) is 0 Å². The van der Waals surface area contributed by atoms with E-state index in [-0.39, 0.29) is 6.61 Å². The Hall–Kier alpha value is -0.150. The fourth-order valence-electron chi connectivity index (χ4n) is 0.871. The molecule has 78 valence electrons. The van der Waals surface area contributed by atoms with E-state index in [1.165, 1.54) is 12.1 Å². The van der Waals surface area contributed by atoms with Crippen molar-refractivity contribution in [1.29, 1.82) is 0 Å². The molecule has 0 saturated heterocycles. The van der Waals surface area contributed by atoms with Crippen LogP contribution in [0.2, 0.25) is 15.1 Å². The van der Waals surface area contributed by atoms with Crippen LogP contribution in [0.25, 0.3) is 0 Å². The van der Waals surface area contributed by atoms with Gasteiger partial charge in [-0.2, -0.15) is 0 Å². The maximum Gasteiger partial charge on any atom is 0.156 e. The minimum atomic E-state index is -0.571. The second-order valence-corrected chi connectivity index (χ2v) is 4.11. The summed E-state index contributed by atoms with van der Waals surface area (Å²) in [6.45, 7) is 1.75. The van der Waals surface area contributed by atoms with Crippen molar-refractivity contribution in [2.75, 3.05) is 6.61 Å². The van der Waals surface area contributed by atoms with E-state index < -0.39 is 6.10 Å². The van der Waals surface area contributed by atoms with Gasteiger partial charge in [0.2, 0.25) is 0 Å². The molecule has 0 aliphatic heterocycles. The van der Waals surface area contributed by atoms with E-state index in [0.29, 0.717) is 20.8 Å². The predicted octanol–water partition coefficient (Wildman–Crippen LogP) is 3.41. The monoisotopic (exact) mass is 254 g/mol. The van der Waals surface area contributed by atoms with Crippen molar-refractivity contribution in [2.24, 2.45) is 0 Å². The van der Waals surface area contributed by atoms with Gasteiger partial charge in [0.15, 0.2) is 5.75 Å². The van der Waals surface area contributed by atoms with E-state index in [1.54, 1.807) is 6.92 Å². The molecule has 0 unspecified atom stereocenters. The lowest BCUT2D eigenvalue weighted by Crippen LogP contribution is -2.13. The number of hydrogen-bond acceptors (Lipinski definition) is 2. The van der Waals surface area contributed by atoms with Gasteiger partial charge in [-0.3, -0.25) is 0 Å². The summed E-state index contributed by atoms with van der Waals surface area (Å²) in [6, 6.07) is 3.07. The van der Waals surface area contributed by atoms with Gasteiger partial charge >= 0.3 is 0 Å². The van der Waals surface area contributed by atoms with Crippen molar-refractivity contribution >= 4 is 34.8 Å². The number of ether oxygens (including phenoxy) is 1. The molecule has 14 heavy (non-hydrogen) atoms. The molecule has 0 spiro atoms. The fraction of sp³-hybridized carbons (Fsp3) is 0.333. The second-order valence-electron chi connectivity index (χ2n) is 2.86. The van der Waals surface area contributed by atoms with Crippen LogP contribution in [0.3, 0.4) is 0 Å². The van der Waals surface area contributed by atoms with Gasteiger partial charge in [-0.15, -0.1) is 0 Å². The predicted molar refractivity (Wildman–Crippen MR) is 58.6 cm³/mol. The smallest absolute Gasteiger partial charge is 0.156 e. The van der Waals surface area contributed by atoms with Gasteiger partial charge in [0.1, 0.15) is 6.61 Å². The Morgan fingerprint density at radius 2 is 1.79 bits per heavy atom. The third-order valence-corrected chi connectivity index (χ3v) is 2.21. The first-order valence-electron chi connectivity index (χ1n) is 3.96. The number of benzene rings is 1. The minimum absolute atomic E-state index is 0.140. The van der Waals surface area contributed by atoms with Crippen LogP contribution in [0.15, 0.2) is 12.1 Å². The van der Waals surface area contributed by atoms with Gasteiger partial charge in [-0.25, -0.2) is 0 Å². The van der Waals surface area contributed by atoms with Crippen LogP contribution in [0.1, 0.15) is 6.92 Å². The van der Waals surface area contributed by atoms with Crippen molar-refractivity contribution in [3.63, 3.8) is 0 Å². The van der Waals surface area contributed by atoms with Gasteiger partial charge in [0, 0.05) is 5.02 Å². The van der Waals surface area contributed by atoms with Crippen LogP contribution in [0.4, 0.5) is 0 Å². The molecule has 1 aromatic carbocycles. The molecule has 0 fully saturated rings. The Morgan fingerprint density at radius 1 is 1.29 bits per heavy atom. The molecule has 0 amide bonds. The Labute approximate surface area is 97.3 Å². The molecule has 1 aromatic rings. The van der Waals surface area contributed by atoms with Gasteiger partial charge < -0.3 is 9.84 Å². The number of aliphatic hydroxyl groups excluding tert-OH is 1. The first kappa shape index (κ1) is 11.9. The minimum Gasteiger partial charge on any atom is -0.488 e. The summed E-state index contributed by atoms with van der Waals surface area (Å²) in [7, 11) is 0.